The van der Waals surface area contributed by atoms with Crippen LogP contribution in [0.2, 0.25) is 0 Å². The van der Waals surface area contributed by atoms with Crippen LogP contribution in [0.3, 0.4) is 0 Å². The first-order valence-corrected chi connectivity index (χ1v) is 8.65. The van der Waals surface area contributed by atoms with E-state index in [1.165, 1.54) is 11.9 Å². The fourth-order valence-electron chi connectivity index (χ4n) is 2.97. The monoisotopic (exact) mass is 369 g/mol. The maximum atomic E-state index is 11.4. The fraction of sp³-hybridized carbons (Fsp3) is 0.350. The lowest BCUT2D eigenvalue weighted by Gasteiger charge is -2.23. The molecule has 3 rings (SSSR count). The number of carboxylic acid groups (broad SMARTS) is 1. The second-order valence-electron chi connectivity index (χ2n) is 7.51. The minimum absolute atomic E-state index is 0.0795. The van der Waals surface area contributed by atoms with E-state index in [-0.39, 0.29) is 17.6 Å². The highest BCUT2D eigenvalue weighted by Gasteiger charge is 2.25. The van der Waals surface area contributed by atoms with Gasteiger partial charge < -0.3 is 14.9 Å². The number of ether oxygens (including phenoxy) is 1. The van der Waals surface area contributed by atoms with Gasteiger partial charge in [-0.1, -0.05) is 39.0 Å². The number of methoxy groups -OCH3 is 1. The van der Waals surface area contributed by atoms with Crippen LogP contribution in [0, 0.1) is 0 Å². The van der Waals surface area contributed by atoms with Gasteiger partial charge in [0.2, 0.25) is 0 Å². The van der Waals surface area contributed by atoms with E-state index in [2.05, 4.69) is 10.2 Å². The van der Waals surface area contributed by atoms with Crippen molar-refractivity contribution in [2.45, 2.75) is 38.7 Å². The zero-order chi connectivity index (χ0) is 19.8. The molecular formula is C20H23N3O4. The number of benzene rings is 2. The Morgan fingerprint density at radius 3 is 2.26 bits per heavy atom. The van der Waals surface area contributed by atoms with Crippen molar-refractivity contribution in [1.82, 2.24) is 15.0 Å². The fourth-order valence-corrected chi connectivity index (χ4v) is 2.97. The minimum Gasteiger partial charge on any atom is -0.505 e. The molecule has 7 nitrogen and oxygen atoms in total. The molecule has 0 aliphatic carbocycles. The van der Waals surface area contributed by atoms with Gasteiger partial charge in [0.05, 0.1) is 0 Å². The molecule has 3 aromatic rings. The summed E-state index contributed by atoms with van der Waals surface area (Å²) in [5.41, 5.74) is 2.89. The molecule has 0 aliphatic rings. The first kappa shape index (κ1) is 18.8. The van der Waals surface area contributed by atoms with E-state index < -0.39 is 12.1 Å². The predicted molar refractivity (Wildman–Crippen MR) is 101 cm³/mol. The maximum absolute atomic E-state index is 11.4. The van der Waals surface area contributed by atoms with E-state index in [0.29, 0.717) is 22.3 Å². The predicted octanol–water partition coefficient (Wildman–Crippen LogP) is 3.07. The maximum Gasteiger partial charge on any atom is 0.333 e. The summed E-state index contributed by atoms with van der Waals surface area (Å²) in [7, 11) is 1.37. The van der Waals surface area contributed by atoms with Gasteiger partial charge in [-0.15, -0.1) is 15.0 Å². The molecule has 0 saturated heterocycles. The summed E-state index contributed by atoms with van der Waals surface area (Å²) in [5, 5.41) is 29.1. The van der Waals surface area contributed by atoms with E-state index >= 15 is 0 Å². The average molecular weight is 369 g/mol. The van der Waals surface area contributed by atoms with Crippen molar-refractivity contribution in [2.24, 2.45) is 0 Å². The SMILES string of the molecule is COC(Cc1cc(-n2nc3ccccc3n2)c(O)c(C(C)(C)C)c1)C(=O)O. The van der Waals surface area contributed by atoms with Gasteiger partial charge in [-0.25, -0.2) is 4.79 Å². The molecule has 2 aromatic carbocycles. The van der Waals surface area contributed by atoms with Crippen molar-refractivity contribution in [3.05, 3.63) is 47.5 Å². The summed E-state index contributed by atoms with van der Waals surface area (Å²) in [5.74, 6) is -0.955. The topological polar surface area (TPSA) is 97.5 Å². The molecule has 0 amide bonds. The Morgan fingerprint density at radius 1 is 1.19 bits per heavy atom. The number of phenolic OH excluding ortho intramolecular Hbond substituents is 1. The number of hydrogen-bond donors (Lipinski definition) is 2. The molecule has 1 atom stereocenters. The van der Waals surface area contributed by atoms with Gasteiger partial charge in [0, 0.05) is 19.1 Å². The van der Waals surface area contributed by atoms with Crippen molar-refractivity contribution in [2.75, 3.05) is 7.11 Å². The summed E-state index contributed by atoms with van der Waals surface area (Å²) >= 11 is 0. The molecule has 0 aliphatic heterocycles. The molecule has 2 N–H and O–H groups in total. The Morgan fingerprint density at radius 2 is 1.78 bits per heavy atom. The Kier molecular flexibility index (Phi) is 4.89. The van der Waals surface area contributed by atoms with Gasteiger partial charge in [0.1, 0.15) is 22.5 Å². The van der Waals surface area contributed by atoms with Crippen LogP contribution < -0.4 is 0 Å². The number of aromatic nitrogens is 3. The molecule has 7 heteroatoms. The van der Waals surface area contributed by atoms with Crippen LogP contribution in [-0.2, 0) is 21.4 Å². The van der Waals surface area contributed by atoms with E-state index in [0.717, 1.165) is 5.56 Å². The van der Waals surface area contributed by atoms with Crippen molar-refractivity contribution >= 4 is 17.0 Å². The molecule has 1 unspecified atom stereocenters. The minimum atomic E-state index is -1.03. The lowest BCUT2D eigenvalue weighted by Crippen LogP contribution is -2.25. The quantitative estimate of drug-likeness (QED) is 0.717. The Hall–Kier alpha value is -2.93. The molecule has 0 fully saturated rings. The number of nitrogens with zero attached hydrogens (tertiary/aromatic N) is 3. The molecule has 0 spiro atoms. The van der Waals surface area contributed by atoms with Crippen LogP contribution in [-0.4, -0.2) is 44.4 Å². The van der Waals surface area contributed by atoms with Gasteiger partial charge >= 0.3 is 5.97 Å². The van der Waals surface area contributed by atoms with Crippen LogP contribution in [0.15, 0.2) is 36.4 Å². The van der Waals surface area contributed by atoms with Crippen LogP contribution in [0.1, 0.15) is 31.9 Å². The molecule has 0 saturated carbocycles. The lowest BCUT2D eigenvalue weighted by molar-refractivity contribution is -0.148. The highest BCUT2D eigenvalue weighted by atomic mass is 16.5. The van der Waals surface area contributed by atoms with Gasteiger partial charge in [-0.05, 0) is 29.2 Å². The van der Waals surface area contributed by atoms with Crippen molar-refractivity contribution in [1.29, 1.82) is 0 Å². The summed E-state index contributed by atoms with van der Waals surface area (Å²) in [6.07, 6.45) is -0.803. The zero-order valence-electron chi connectivity index (χ0n) is 15.8. The third-order valence-electron chi connectivity index (χ3n) is 4.44. The largest absolute Gasteiger partial charge is 0.505 e. The van der Waals surface area contributed by atoms with E-state index in [4.69, 9.17) is 4.74 Å². The molecular weight excluding hydrogens is 346 g/mol. The summed E-state index contributed by atoms with van der Waals surface area (Å²) in [4.78, 5) is 12.7. The second kappa shape index (κ2) is 7.00. The van der Waals surface area contributed by atoms with Crippen molar-refractivity contribution in [3.63, 3.8) is 0 Å². The van der Waals surface area contributed by atoms with Crippen LogP contribution in [0.25, 0.3) is 16.7 Å². The first-order chi connectivity index (χ1) is 12.7. The van der Waals surface area contributed by atoms with Crippen LogP contribution in [0.5, 0.6) is 5.75 Å². The normalized spacial score (nSPS) is 13.0. The molecule has 27 heavy (non-hydrogen) atoms. The number of aliphatic carboxylic acids is 1. The number of carbonyl (C=O) groups is 1. The van der Waals surface area contributed by atoms with E-state index in [1.54, 1.807) is 6.07 Å². The third-order valence-corrected chi connectivity index (χ3v) is 4.44. The standard InChI is InChI=1S/C20H23N3O4/c1-20(2,3)13-9-12(11-17(27-4)19(25)26)10-16(18(13)24)23-21-14-7-5-6-8-15(14)22-23/h5-10,17,24H,11H2,1-4H3,(H,25,26). The smallest absolute Gasteiger partial charge is 0.333 e. The van der Waals surface area contributed by atoms with Gasteiger partial charge in [-0.3, -0.25) is 0 Å². The number of phenols is 1. The number of aromatic hydroxyl groups is 1. The lowest BCUT2D eigenvalue weighted by atomic mass is 9.84. The number of hydrogen-bond acceptors (Lipinski definition) is 5. The van der Waals surface area contributed by atoms with E-state index in [1.807, 2.05) is 51.1 Å². The van der Waals surface area contributed by atoms with Gasteiger partial charge in [0.15, 0.2) is 6.10 Å². The first-order valence-electron chi connectivity index (χ1n) is 8.65. The van der Waals surface area contributed by atoms with Crippen LogP contribution >= 0.6 is 0 Å². The zero-order valence-corrected chi connectivity index (χ0v) is 15.8. The summed E-state index contributed by atoms with van der Waals surface area (Å²) < 4.78 is 5.06. The number of fused-ring (bicyclic) bond motifs is 1. The van der Waals surface area contributed by atoms with Crippen molar-refractivity contribution in [3.8, 4) is 11.4 Å². The van der Waals surface area contributed by atoms with Crippen molar-refractivity contribution < 1.29 is 19.7 Å². The summed E-state index contributed by atoms with van der Waals surface area (Å²) in [6.45, 7) is 5.94. The second-order valence-corrected chi connectivity index (χ2v) is 7.51. The van der Waals surface area contributed by atoms with E-state index in [9.17, 15) is 15.0 Å². The highest BCUT2D eigenvalue weighted by molar-refractivity contribution is 5.74. The number of carboxylic acids is 1. The Bertz CT molecular complexity index is 956. The van der Waals surface area contributed by atoms with Crippen LogP contribution in [0.4, 0.5) is 0 Å². The molecule has 0 bridgehead atoms. The Balaban J connectivity index is 2.16. The Labute approximate surface area is 157 Å². The van der Waals surface area contributed by atoms with Gasteiger partial charge in [-0.2, -0.15) is 0 Å². The molecule has 0 radical (unpaired) electrons. The molecule has 142 valence electrons. The third kappa shape index (κ3) is 3.78. The molecule has 1 aromatic heterocycles. The van der Waals surface area contributed by atoms with Gasteiger partial charge in [0.25, 0.3) is 0 Å². The average Bonchev–Trinajstić information content (AvgIpc) is 3.03. The highest BCUT2D eigenvalue weighted by Crippen LogP contribution is 2.36. The molecule has 1 heterocycles. The number of rotatable bonds is 5. The summed E-state index contributed by atoms with van der Waals surface area (Å²) in [6, 6.07) is 10.9.